The van der Waals surface area contributed by atoms with Gasteiger partial charge in [-0.2, -0.15) is 0 Å². The average molecular weight is 348 g/mol. The van der Waals surface area contributed by atoms with Crippen LogP contribution in [0, 0.1) is 11.6 Å². The minimum atomic E-state index is -1.80. The van der Waals surface area contributed by atoms with Crippen molar-refractivity contribution in [3.63, 3.8) is 0 Å². The second-order valence-electron chi connectivity index (χ2n) is 5.37. The molecule has 0 saturated carbocycles. The maximum Gasteiger partial charge on any atom is 0.126 e. The monoisotopic (exact) mass is 348 g/mol. The van der Waals surface area contributed by atoms with Crippen LogP contribution in [-0.2, 0) is 11.3 Å². The number of rotatable bonds is 10. The van der Waals surface area contributed by atoms with Gasteiger partial charge in [0.25, 0.3) is 0 Å². The Morgan fingerprint density at radius 2 is 1.58 bits per heavy atom. The molecule has 6 nitrogen and oxygen atoms in total. The summed E-state index contributed by atoms with van der Waals surface area (Å²) in [5.41, 5.74) is 0.180. The molecular formula is C16H22F2O6. The van der Waals surface area contributed by atoms with Gasteiger partial charge in [-0.3, -0.25) is 0 Å². The van der Waals surface area contributed by atoms with E-state index in [1.165, 1.54) is 6.08 Å². The summed E-state index contributed by atoms with van der Waals surface area (Å²) in [7, 11) is 0. The average Bonchev–Trinajstić information content (AvgIpc) is 2.55. The Labute approximate surface area is 138 Å². The summed E-state index contributed by atoms with van der Waals surface area (Å²) in [6, 6.07) is 2.82. The van der Waals surface area contributed by atoms with Gasteiger partial charge in [0.05, 0.1) is 19.3 Å². The normalized spacial score (nSPS) is 17.8. The molecule has 0 aromatic heterocycles. The molecule has 0 fully saturated rings. The SMILES string of the molecule is C=CCC(OCc1cc(F)cc(F)c1)C(O)C(O)C(O)C(O)CO. The van der Waals surface area contributed by atoms with Gasteiger partial charge < -0.3 is 30.3 Å². The molecule has 0 aliphatic rings. The maximum absolute atomic E-state index is 13.1. The van der Waals surface area contributed by atoms with Gasteiger partial charge in [0.15, 0.2) is 0 Å². The minimum absolute atomic E-state index is 0.0674. The first kappa shape index (κ1) is 20.6. The molecule has 5 unspecified atom stereocenters. The summed E-state index contributed by atoms with van der Waals surface area (Å²) >= 11 is 0. The van der Waals surface area contributed by atoms with Crippen molar-refractivity contribution in [3.05, 3.63) is 48.1 Å². The van der Waals surface area contributed by atoms with Gasteiger partial charge in [-0.15, -0.1) is 6.58 Å². The van der Waals surface area contributed by atoms with Crippen molar-refractivity contribution in [1.29, 1.82) is 0 Å². The third-order valence-corrected chi connectivity index (χ3v) is 3.45. The van der Waals surface area contributed by atoms with E-state index in [0.29, 0.717) is 6.07 Å². The van der Waals surface area contributed by atoms with Crippen molar-refractivity contribution >= 4 is 0 Å². The number of aliphatic hydroxyl groups excluding tert-OH is 5. The van der Waals surface area contributed by atoms with E-state index in [4.69, 9.17) is 9.84 Å². The summed E-state index contributed by atoms with van der Waals surface area (Å²) in [5.74, 6) is -1.56. The summed E-state index contributed by atoms with van der Waals surface area (Å²) in [6.07, 6.45) is -6.47. The van der Waals surface area contributed by atoms with Crippen molar-refractivity contribution < 1.29 is 39.1 Å². The second-order valence-corrected chi connectivity index (χ2v) is 5.37. The Bertz CT molecular complexity index is 507. The fraction of sp³-hybridized carbons (Fsp3) is 0.500. The first-order valence-corrected chi connectivity index (χ1v) is 7.30. The van der Waals surface area contributed by atoms with Crippen molar-refractivity contribution in [3.8, 4) is 0 Å². The quantitative estimate of drug-likeness (QED) is 0.377. The van der Waals surface area contributed by atoms with Gasteiger partial charge in [0.1, 0.15) is 36.1 Å². The molecule has 24 heavy (non-hydrogen) atoms. The number of hydrogen-bond donors (Lipinski definition) is 5. The number of halogens is 2. The smallest absolute Gasteiger partial charge is 0.126 e. The van der Waals surface area contributed by atoms with Crippen LogP contribution in [0.25, 0.3) is 0 Å². The molecule has 0 radical (unpaired) electrons. The van der Waals surface area contributed by atoms with E-state index in [1.807, 2.05) is 0 Å². The van der Waals surface area contributed by atoms with Gasteiger partial charge in [-0.25, -0.2) is 8.78 Å². The molecule has 0 heterocycles. The van der Waals surface area contributed by atoms with Gasteiger partial charge >= 0.3 is 0 Å². The molecule has 0 bridgehead atoms. The molecule has 1 rings (SSSR count). The first-order valence-electron chi connectivity index (χ1n) is 7.30. The van der Waals surface area contributed by atoms with Crippen molar-refractivity contribution in [2.24, 2.45) is 0 Å². The summed E-state index contributed by atoms with van der Waals surface area (Å²) < 4.78 is 31.6. The van der Waals surface area contributed by atoms with Gasteiger partial charge in [0, 0.05) is 6.07 Å². The number of ether oxygens (including phenoxy) is 1. The van der Waals surface area contributed by atoms with Crippen LogP contribution in [0.3, 0.4) is 0 Å². The van der Waals surface area contributed by atoms with Crippen LogP contribution < -0.4 is 0 Å². The largest absolute Gasteiger partial charge is 0.394 e. The Balaban J connectivity index is 2.76. The van der Waals surface area contributed by atoms with Crippen LogP contribution >= 0.6 is 0 Å². The predicted octanol–water partition coefficient (Wildman–Crippen LogP) is -0.138. The fourth-order valence-electron chi connectivity index (χ4n) is 2.13. The molecular weight excluding hydrogens is 326 g/mol. The molecule has 0 saturated heterocycles. The van der Waals surface area contributed by atoms with E-state index in [1.54, 1.807) is 0 Å². The molecule has 0 spiro atoms. The summed E-state index contributed by atoms with van der Waals surface area (Å²) in [5, 5.41) is 47.7. The molecule has 5 atom stereocenters. The van der Waals surface area contributed by atoms with Crippen LogP contribution in [0.15, 0.2) is 30.9 Å². The van der Waals surface area contributed by atoms with Crippen LogP contribution in [0.1, 0.15) is 12.0 Å². The Hall–Kier alpha value is -1.42. The first-order chi connectivity index (χ1) is 11.3. The zero-order valence-corrected chi connectivity index (χ0v) is 12.9. The Kier molecular flexibility index (Phi) is 8.40. The van der Waals surface area contributed by atoms with E-state index in [9.17, 15) is 29.2 Å². The molecule has 8 heteroatoms. The Morgan fingerprint density at radius 3 is 2.08 bits per heavy atom. The third-order valence-electron chi connectivity index (χ3n) is 3.45. The molecule has 0 amide bonds. The van der Waals surface area contributed by atoms with Gasteiger partial charge in [-0.1, -0.05) is 6.08 Å². The van der Waals surface area contributed by atoms with Crippen LogP contribution in [-0.4, -0.2) is 62.7 Å². The van der Waals surface area contributed by atoms with Gasteiger partial charge in [-0.05, 0) is 24.1 Å². The predicted molar refractivity (Wildman–Crippen MR) is 80.9 cm³/mol. The lowest BCUT2D eigenvalue weighted by Gasteiger charge is -2.30. The highest BCUT2D eigenvalue weighted by molar-refractivity contribution is 5.17. The van der Waals surface area contributed by atoms with E-state index in [2.05, 4.69) is 6.58 Å². The van der Waals surface area contributed by atoms with Crippen LogP contribution in [0.2, 0.25) is 0 Å². The summed E-state index contributed by atoms with van der Waals surface area (Å²) in [6.45, 7) is 2.42. The lowest BCUT2D eigenvalue weighted by molar-refractivity contribution is -0.152. The number of hydrogen-bond acceptors (Lipinski definition) is 6. The molecule has 1 aromatic carbocycles. The molecule has 0 aliphatic heterocycles. The zero-order chi connectivity index (χ0) is 18.3. The molecule has 0 aliphatic carbocycles. The van der Waals surface area contributed by atoms with Crippen molar-refractivity contribution in [2.75, 3.05) is 6.61 Å². The zero-order valence-electron chi connectivity index (χ0n) is 12.9. The van der Waals surface area contributed by atoms with Crippen LogP contribution in [0.5, 0.6) is 0 Å². The second kappa shape index (κ2) is 9.77. The minimum Gasteiger partial charge on any atom is -0.394 e. The summed E-state index contributed by atoms with van der Waals surface area (Å²) in [4.78, 5) is 0. The van der Waals surface area contributed by atoms with Crippen molar-refractivity contribution in [2.45, 2.75) is 43.5 Å². The van der Waals surface area contributed by atoms with Crippen LogP contribution in [0.4, 0.5) is 8.78 Å². The van der Waals surface area contributed by atoms with E-state index in [0.717, 1.165) is 12.1 Å². The van der Waals surface area contributed by atoms with E-state index in [-0.39, 0.29) is 18.6 Å². The molecule has 5 N–H and O–H groups in total. The van der Waals surface area contributed by atoms with Crippen molar-refractivity contribution in [1.82, 2.24) is 0 Å². The highest BCUT2D eigenvalue weighted by Crippen LogP contribution is 2.17. The third kappa shape index (κ3) is 5.90. The lowest BCUT2D eigenvalue weighted by Crippen LogP contribution is -2.50. The highest BCUT2D eigenvalue weighted by Gasteiger charge is 2.34. The lowest BCUT2D eigenvalue weighted by atomic mass is 9.97. The Morgan fingerprint density at radius 1 is 1.00 bits per heavy atom. The molecule has 1 aromatic rings. The fourth-order valence-corrected chi connectivity index (χ4v) is 2.13. The van der Waals surface area contributed by atoms with E-state index >= 15 is 0 Å². The van der Waals surface area contributed by atoms with Gasteiger partial charge in [0.2, 0.25) is 0 Å². The maximum atomic E-state index is 13.1. The number of aliphatic hydroxyl groups is 5. The standard InChI is InChI=1S/C16H22F2O6/c1-2-3-13(15(22)16(23)14(21)12(20)7-19)24-8-9-4-10(17)6-11(18)5-9/h2,4-6,12-16,19-23H,1,3,7-8H2. The van der Waals surface area contributed by atoms with E-state index < -0.39 is 48.8 Å². The number of benzene rings is 1. The molecule has 136 valence electrons. The topological polar surface area (TPSA) is 110 Å². The highest BCUT2D eigenvalue weighted by atomic mass is 19.1.